The first kappa shape index (κ1) is 10.1. The molecule has 0 spiro atoms. The second-order valence-corrected chi connectivity index (χ2v) is 2.57. The van der Waals surface area contributed by atoms with Gasteiger partial charge in [0, 0.05) is 25.9 Å². The van der Waals surface area contributed by atoms with Crippen LogP contribution in [0, 0.1) is 0 Å². The quantitative estimate of drug-likeness (QED) is 0.653. The molecule has 1 aromatic rings. The Morgan fingerprint density at radius 3 is 3.15 bits per heavy atom. The van der Waals surface area contributed by atoms with Gasteiger partial charge >= 0.3 is 0 Å². The molecule has 0 saturated heterocycles. The molecule has 1 aromatic heterocycles. The zero-order valence-electron chi connectivity index (χ0n) is 7.86. The highest BCUT2D eigenvalue weighted by Crippen LogP contribution is 1.88. The third-order valence-electron chi connectivity index (χ3n) is 1.58. The Morgan fingerprint density at radius 2 is 2.46 bits per heavy atom. The Bertz CT molecular complexity index is 215. The first-order valence-electron chi connectivity index (χ1n) is 4.47. The van der Waals surface area contributed by atoms with E-state index in [1.165, 1.54) is 0 Å². The number of rotatable bonds is 6. The standard InChI is InChI=1S/C9H15N3O/c1-2-13-6-5-10-7-9-3-4-11-8-12-9/h3-4,8,10H,2,5-7H2,1H3. The van der Waals surface area contributed by atoms with Crippen molar-refractivity contribution < 1.29 is 4.74 Å². The minimum absolute atomic E-state index is 0.752. The summed E-state index contributed by atoms with van der Waals surface area (Å²) in [4.78, 5) is 7.92. The Hall–Kier alpha value is -1.00. The van der Waals surface area contributed by atoms with Crippen LogP contribution < -0.4 is 5.32 Å². The normalized spacial score (nSPS) is 10.2. The average Bonchev–Trinajstić information content (AvgIpc) is 2.19. The second-order valence-electron chi connectivity index (χ2n) is 2.57. The van der Waals surface area contributed by atoms with Crippen LogP contribution in [-0.2, 0) is 11.3 Å². The second kappa shape index (κ2) is 6.51. The molecule has 0 aliphatic rings. The minimum Gasteiger partial charge on any atom is -0.380 e. The molecule has 0 amide bonds. The lowest BCUT2D eigenvalue weighted by molar-refractivity contribution is 0.149. The lowest BCUT2D eigenvalue weighted by Crippen LogP contribution is -2.19. The molecule has 0 aromatic carbocycles. The van der Waals surface area contributed by atoms with Crippen LogP contribution in [0.25, 0.3) is 0 Å². The van der Waals surface area contributed by atoms with Gasteiger partial charge in [-0.25, -0.2) is 9.97 Å². The highest BCUT2D eigenvalue weighted by molar-refractivity contribution is 4.96. The Morgan fingerprint density at radius 1 is 1.54 bits per heavy atom. The minimum atomic E-state index is 0.752. The molecule has 0 saturated carbocycles. The Kier molecular flexibility index (Phi) is 5.05. The van der Waals surface area contributed by atoms with Crippen LogP contribution in [0.4, 0.5) is 0 Å². The molecule has 0 radical (unpaired) electrons. The van der Waals surface area contributed by atoms with E-state index >= 15 is 0 Å². The number of hydrogen-bond donors (Lipinski definition) is 1. The van der Waals surface area contributed by atoms with Gasteiger partial charge in [0.15, 0.2) is 0 Å². The van der Waals surface area contributed by atoms with Gasteiger partial charge in [-0.2, -0.15) is 0 Å². The van der Waals surface area contributed by atoms with Gasteiger partial charge in [0.1, 0.15) is 6.33 Å². The summed E-state index contributed by atoms with van der Waals surface area (Å²) >= 11 is 0. The molecule has 0 unspecified atom stereocenters. The van der Waals surface area contributed by atoms with E-state index in [9.17, 15) is 0 Å². The monoisotopic (exact) mass is 181 g/mol. The highest BCUT2D eigenvalue weighted by Gasteiger charge is 1.91. The summed E-state index contributed by atoms with van der Waals surface area (Å²) in [6.45, 7) is 5.15. The molecule has 4 heteroatoms. The van der Waals surface area contributed by atoms with Crippen LogP contribution in [-0.4, -0.2) is 29.7 Å². The SMILES string of the molecule is CCOCCNCc1ccncn1. The first-order valence-corrected chi connectivity index (χ1v) is 4.47. The fourth-order valence-electron chi connectivity index (χ4n) is 0.928. The summed E-state index contributed by atoms with van der Waals surface area (Å²) in [7, 11) is 0. The van der Waals surface area contributed by atoms with Crippen molar-refractivity contribution in [2.24, 2.45) is 0 Å². The van der Waals surface area contributed by atoms with Gasteiger partial charge in [-0.05, 0) is 13.0 Å². The predicted molar refractivity (Wildman–Crippen MR) is 50.2 cm³/mol. The van der Waals surface area contributed by atoms with E-state index in [1.807, 2.05) is 13.0 Å². The van der Waals surface area contributed by atoms with Crippen molar-refractivity contribution in [1.82, 2.24) is 15.3 Å². The average molecular weight is 181 g/mol. The fourth-order valence-corrected chi connectivity index (χ4v) is 0.928. The highest BCUT2D eigenvalue weighted by atomic mass is 16.5. The molecule has 0 fully saturated rings. The molecule has 4 nitrogen and oxygen atoms in total. The summed E-state index contributed by atoms with van der Waals surface area (Å²) in [6, 6.07) is 1.90. The maximum atomic E-state index is 5.18. The van der Waals surface area contributed by atoms with Crippen LogP contribution in [0.1, 0.15) is 12.6 Å². The number of nitrogens with zero attached hydrogens (tertiary/aromatic N) is 2. The van der Waals surface area contributed by atoms with Gasteiger partial charge in [0.25, 0.3) is 0 Å². The van der Waals surface area contributed by atoms with Crippen molar-refractivity contribution >= 4 is 0 Å². The van der Waals surface area contributed by atoms with Crippen LogP contribution in [0.2, 0.25) is 0 Å². The molecule has 0 atom stereocenters. The van der Waals surface area contributed by atoms with E-state index in [0.717, 1.165) is 32.0 Å². The number of ether oxygens (including phenoxy) is 1. The largest absolute Gasteiger partial charge is 0.380 e. The molecule has 0 aliphatic carbocycles. The van der Waals surface area contributed by atoms with Gasteiger partial charge in [0.2, 0.25) is 0 Å². The van der Waals surface area contributed by atoms with Crippen molar-refractivity contribution in [3.05, 3.63) is 24.3 Å². The van der Waals surface area contributed by atoms with Gasteiger partial charge < -0.3 is 10.1 Å². The van der Waals surface area contributed by atoms with Crippen LogP contribution in [0.15, 0.2) is 18.6 Å². The first-order chi connectivity index (χ1) is 6.43. The molecule has 13 heavy (non-hydrogen) atoms. The van der Waals surface area contributed by atoms with Crippen molar-refractivity contribution in [3.8, 4) is 0 Å². The lowest BCUT2D eigenvalue weighted by Gasteiger charge is -2.03. The van der Waals surface area contributed by atoms with Crippen LogP contribution >= 0.6 is 0 Å². The summed E-state index contributed by atoms with van der Waals surface area (Å²) in [5, 5.41) is 3.22. The lowest BCUT2D eigenvalue weighted by atomic mass is 10.4. The van der Waals surface area contributed by atoms with E-state index in [-0.39, 0.29) is 0 Å². The fraction of sp³-hybridized carbons (Fsp3) is 0.556. The molecule has 0 aliphatic heterocycles. The summed E-state index contributed by atoms with van der Waals surface area (Å²) in [5.74, 6) is 0. The van der Waals surface area contributed by atoms with E-state index in [2.05, 4.69) is 15.3 Å². The third-order valence-corrected chi connectivity index (χ3v) is 1.58. The molecule has 1 rings (SSSR count). The Balaban J connectivity index is 2.07. The molecular weight excluding hydrogens is 166 g/mol. The van der Waals surface area contributed by atoms with Crippen LogP contribution in [0.5, 0.6) is 0 Å². The summed E-state index contributed by atoms with van der Waals surface area (Å²) < 4.78 is 5.18. The number of hydrogen-bond acceptors (Lipinski definition) is 4. The molecule has 0 bridgehead atoms. The molecule has 72 valence electrons. The maximum absolute atomic E-state index is 5.18. The smallest absolute Gasteiger partial charge is 0.115 e. The van der Waals surface area contributed by atoms with E-state index in [4.69, 9.17) is 4.74 Å². The van der Waals surface area contributed by atoms with Crippen molar-refractivity contribution in [3.63, 3.8) is 0 Å². The van der Waals surface area contributed by atoms with Gasteiger partial charge in [-0.3, -0.25) is 0 Å². The van der Waals surface area contributed by atoms with E-state index in [1.54, 1.807) is 12.5 Å². The third kappa shape index (κ3) is 4.55. The van der Waals surface area contributed by atoms with Gasteiger partial charge in [-0.15, -0.1) is 0 Å². The van der Waals surface area contributed by atoms with E-state index < -0.39 is 0 Å². The maximum Gasteiger partial charge on any atom is 0.115 e. The zero-order chi connectivity index (χ0) is 9.36. The summed E-state index contributed by atoms with van der Waals surface area (Å²) in [5.41, 5.74) is 1.01. The van der Waals surface area contributed by atoms with Crippen molar-refractivity contribution in [2.45, 2.75) is 13.5 Å². The number of aromatic nitrogens is 2. The van der Waals surface area contributed by atoms with Gasteiger partial charge in [-0.1, -0.05) is 0 Å². The van der Waals surface area contributed by atoms with Crippen molar-refractivity contribution in [2.75, 3.05) is 19.8 Å². The predicted octanol–water partition coefficient (Wildman–Crippen LogP) is 0.603. The summed E-state index contributed by atoms with van der Waals surface area (Å²) in [6.07, 6.45) is 3.30. The van der Waals surface area contributed by atoms with Crippen molar-refractivity contribution in [1.29, 1.82) is 0 Å². The molecule has 1 N–H and O–H groups in total. The Labute approximate surface area is 78.4 Å². The van der Waals surface area contributed by atoms with Gasteiger partial charge in [0.05, 0.1) is 12.3 Å². The van der Waals surface area contributed by atoms with Crippen LogP contribution in [0.3, 0.4) is 0 Å². The van der Waals surface area contributed by atoms with E-state index in [0.29, 0.717) is 0 Å². The molecule has 1 heterocycles. The number of nitrogens with one attached hydrogen (secondary N) is 1. The zero-order valence-corrected chi connectivity index (χ0v) is 7.86. The topological polar surface area (TPSA) is 47.0 Å². The molecular formula is C9H15N3O.